The summed E-state index contributed by atoms with van der Waals surface area (Å²) < 4.78 is 5.98. The molecule has 2 heterocycles. The molecule has 1 aromatic heterocycles. The standard InChI is InChI=1S/C20H27N3O3/c1-4-18-17(16-7-5-6-8-19(16)26-18)12-22-9-10-23(15(11-22)13-24)20(25)14(2)21-3/h5-8,13-15,21H,4,9-12H2,1-3H3. The number of aryl methyl sites for hydroxylation is 1. The number of furan rings is 1. The van der Waals surface area contributed by atoms with E-state index in [2.05, 4.69) is 23.2 Å². The van der Waals surface area contributed by atoms with Gasteiger partial charge in [0.05, 0.1) is 6.04 Å². The first kappa shape index (κ1) is 18.6. The second-order valence-electron chi connectivity index (χ2n) is 6.83. The number of hydrogen-bond donors (Lipinski definition) is 1. The molecule has 6 nitrogen and oxygen atoms in total. The molecule has 2 aromatic rings. The number of carbonyl (C=O) groups is 2. The molecule has 140 valence electrons. The lowest BCUT2D eigenvalue weighted by Gasteiger charge is -2.40. The number of benzene rings is 1. The average Bonchev–Trinajstić information content (AvgIpc) is 3.04. The van der Waals surface area contributed by atoms with Gasteiger partial charge in [0.25, 0.3) is 0 Å². The molecule has 0 saturated carbocycles. The van der Waals surface area contributed by atoms with Gasteiger partial charge in [-0.05, 0) is 20.0 Å². The lowest BCUT2D eigenvalue weighted by atomic mass is 10.1. The van der Waals surface area contributed by atoms with Crippen LogP contribution in [0.15, 0.2) is 28.7 Å². The number of hydrogen-bond acceptors (Lipinski definition) is 5. The van der Waals surface area contributed by atoms with E-state index in [1.165, 1.54) is 5.56 Å². The third-order valence-corrected chi connectivity index (χ3v) is 5.23. The number of para-hydroxylation sites is 1. The van der Waals surface area contributed by atoms with E-state index in [0.717, 1.165) is 42.5 Å². The fraction of sp³-hybridized carbons (Fsp3) is 0.500. The van der Waals surface area contributed by atoms with Gasteiger partial charge in [-0.1, -0.05) is 25.1 Å². The molecule has 1 aliphatic rings. The largest absolute Gasteiger partial charge is 0.461 e. The van der Waals surface area contributed by atoms with Crippen LogP contribution in [0.3, 0.4) is 0 Å². The van der Waals surface area contributed by atoms with Gasteiger partial charge in [-0.15, -0.1) is 0 Å². The Kier molecular flexibility index (Phi) is 5.74. The van der Waals surface area contributed by atoms with Gasteiger partial charge in [0.15, 0.2) is 0 Å². The molecule has 1 fully saturated rings. The van der Waals surface area contributed by atoms with Crippen LogP contribution >= 0.6 is 0 Å². The first-order chi connectivity index (χ1) is 12.6. The molecular weight excluding hydrogens is 330 g/mol. The Morgan fingerprint density at radius 1 is 1.38 bits per heavy atom. The van der Waals surface area contributed by atoms with Crippen LogP contribution in [0, 0.1) is 0 Å². The molecule has 1 N–H and O–H groups in total. The Balaban J connectivity index is 1.77. The van der Waals surface area contributed by atoms with Crippen molar-refractivity contribution in [1.29, 1.82) is 0 Å². The molecule has 1 amide bonds. The number of likely N-dealkylation sites (N-methyl/N-ethyl adjacent to an activating group) is 1. The Hall–Kier alpha value is -2.18. The van der Waals surface area contributed by atoms with E-state index >= 15 is 0 Å². The number of amides is 1. The topological polar surface area (TPSA) is 65.8 Å². The van der Waals surface area contributed by atoms with Gasteiger partial charge in [0.1, 0.15) is 23.7 Å². The zero-order chi connectivity index (χ0) is 18.7. The van der Waals surface area contributed by atoms with E-state index in [4.69, 9.17) is 4.42 Å². The van der Waals surface area contributed by atoms with Crippen molar-refractivity contribution in [3.8, 4) is 0 Å². The van der Waals surface area contributed by atoms with E-state index in [1.807, 2.05) is 25.1 Å². The number of nitrogens with zero attached hydrogens (tertiary/aromatic N) is 2. The minimum atomic E-state index is -0.407. The third kappa shape index (κ3) is 3.52. The quantitative estimate of drug-likeness (QED) is 0.799. The smallest absolute Gasteiger partial charge is 0.240 e. The first-order valence-corrected chi connectivity index (χ1v) is 9.23. The van der Waals surface area contributed by atoms with Gasteiger partial charge in [0, 0.05) is 43.5 Å². The maximum absolute atomic E-state index is 12.5. The van der Waals surface area contributed by atoms with E-state index < -0.39 is 6.04 Å². The van der Waals surface area contributed by atoms with Gasteiger partial charge in [-0.25, -0.2) is 0 Å². The summed E-state index contributed by atoms with van der Waals surface area (Å²) >= 11 is 0. The highest BCUT2D eigenvalue weighted by atomic mass is 16.3. The van der Waals surface area contributed by atoms with Crippen LogP contribution in [-0.2, 0) is 22.6 Å². The van der Waals surface area contributed by atoms with Gasteiger partial charge < -0.3 is 19.4 Å². The highest BCUT2D eigenvalue weighted by molar-refractivity contribution is 5.84. The summed E-state index contributed by atoms with van der Waals surface area (Å²) in [6.07, 6.45) is 1.72. The van der Waals surface area contributed by atoms with Crippen LogP contribution in [0.4, 0.5) is 0 Å². The number of nitrogens with one attached hydrogen (secondary N) is 1. The van der Waals surface area contributed by atoms with Crippen LogP contribution in [-0.4, -0.2) is 60.8 Å². The summed E-state index contributed by atoms with van der Waals surface area (Å²) in [5.74, 6) is 0.975. The van der Waals surface area contributed by atoms with Crippen LogP contribution in [0.1, 0.15) is 25.2 Å². The van der Waals surface area contributed by atoms with Crippen molar-refractivity contribution in [3.63, 3.8) is 0 Å². The van der Waals surface area contributed by atoms with E-state index in [1.54, 1.807) is 11.9 Å². The van der Waals surface area contributed by atoms with E-state index in [0.29, 0.717) is 13.1 Å². The molecule has 26 heavy (non-hydrogen) atoms. The molecule has 0 spiro atoms. The molecule has 1 aliphatic heterocycles. The van der Waals surface area contributed by atoms with Crippen molar-refractivity contribution >= 4 is 23.2 Å². The summed E-state index contributed by atoms with van der Waals surface area (Å²) in [6.45, 7) is 6.50. The van der Waals surface area contributed by atoms with Crippen LogP contribution in [0.5, 0.6) is 0 Å². The minimum absolute atomic E-state index is 0.0211. The van der Waals surface area contributed by atoms with Crippen molar-refractivity contribution in [2.45, 2.75) is 38.9 Å². The number of piperazine rings is 1. The maximum Gasteiger partial charge on any atom is 0.240 e. The summed E-state index contributed by atoms with van der Waals surface area (Å²) in [5, 5.41) is 4.09. The van der Waals surface area contributed by atoms with Crippen LogP contribution in [0.2, 0.25) is 0 Å². The van der Waals surface area contributed by atoms with Crippen molar-refractivity contribution in [1.82, 2.24) is 15.1 Å². The van der Waals surface area contributed by atoms with Crippen molar-refractivity contribution < 1.29 is 14.0 Å². The highest BCUT2D eigenvalue weighted by Crippen LogP contribution is 2.28. The fourth-order valence-corrected chi connectivity index (χ4v) is 3.61. The van der Waals surface area contributed by atoms with Gasteiger partial charge >= 0.3 is 0 Å². The Bertz CT molecular complexity index is 786. The van der Waals surface area contributed by atoms with Crippen molar-refractivity contribution in [3.05, 3.63) is 35.6 Å². The maximum atomic E-state index is 12.5. The summed E-state index contributed by atoms with van der Waals surface area (Å²) in [6, 6.07) is 7.37. The number of aldehydes is 1. The Morgan fingerprint density at radius 3 is 2.85 bits per heavy atom. The zero-order valence-corrected chi connectivity index (χ0v) is 15.7. The van der Waals surface area contributed by atoms with E-state index in [9.17, 15) is 9.59 Å². The number of fused-ring (bicyclic) bond motifs is 1. The first-order valence-electron chi connectivity index (χ1n) is 9.23. The molecule has 6 heteroatoms. The molecular formula is C20H27N3O3. The zero-order valence-electron chi connectivity index (χ0n) is 15.7. The SMILES string of the molecule is CCc1oc2ccccc2c1CN1CCN(C(=O)C(C)NC)C(C=O)C1. The van der Waals surface area contributed by atoms with Crippen molar-refractivity contribution in [2.75, 3.05) is 26.7 Å². The van der Waals surface area contributed by atoms with E-state index in [-0.39, 0.29) is 11.9 Å². The highest BCUT2D eigenvalue weighted by Gasteiger charge is 2.32. The summed E-state index contributed by atoms with van der Waals surface area (Å²) in [7, 11) is 1.75. The minimum Gasteiger partial charge on any atom is -0.461 e. The van der Waals surface area contributed by atoms with Crippen molar-refractivity contribution in [2.24, 2.45) is 0 Å². The molecule has 2 unspecified atom stereocenters. The monoisotopic (exact) mass is 357 g/mol. The molecule has 3 rings (SSSR count). The van der Waals surface area contributed by atoms with Crippen LogP contribution in [0.25, 0.3) is 11.0 Å². The summed E-state index contributed by atoms with van der Waals surface area (Å²) in [5.41, 5.74) is 2.10. The molecule has 1 saturated heterocycles. The normalized spacial score (nSPS) is 19.7. The summed E-state index contributed by atoms with van der Waals surface area (Å²) in [4.78, 5) is 28.0. The fourth-order valence-electron chi connectivity index (χ4n) is 3.61. The predicted molar refractivity (Wildman–Crippen MR) is 101 cm³/mol. The van der Waals surface area contributed by atoms with Crippen LogP contribution < -0.4 is 5.32 Å². The Labute approximate surface area is 154 Å². The Morgan fingerprint density at radius 2 is 2.15 bits per heavy atom. The second-order valence-corrected chi connectivity index (χ2v) is 6.83. The molecule has 0 radical (unpaired) electrons. The number of carbonyl (C=O) groups excluding carboxylic acids is 2. The lowest BCUT2D eigenvalue weighted by molar-refractivity contribution is -0.141. The average molecular weight is 357 g/mol. The molecule has 0 aliphatic carbocycles. The third-order valence-electron chi connectivity index (χ3n) is 5.23. The van der Waals surface area contributed by atoms with Gasteiger partial charge in [-0.3, -0.25) is 9.69 Å². The molecule has 0 bridgehead atoms. The molecule has 2 atom stereocenters. The second kappa shape index (κ2) is 8.01. The predicted octanol–water partition coefficient (Wildman–Crippen LogP) is 1.81. The number of rotatable bonds is 6. The van der Waals surface area contributed by atoms with Gasteiger partial charge in [0.2, 0.25) is 5.91 Å². The lowest BCUT2D eigenvalue weighted by Crippen LogP contribution is -2.58. The van der Waals surface area contributed by atoms with Gasteiger partial charge in [-0.2, -0.15) is 0 Å². The molecule has 1 aromatic carbocycles.